The number of ether oxygens (including phenoxy) is 1. The zero-order valence-corrected chi connectivity index (χ0v) is 13.2. The van der Waals surface area contributed by atoms with E-state index in [0.717, 1.165) is 24.4 Å². The standard InChI is InChI=1S/C15H14ClN5O2/c1-22-8-12-17-15(23-20-12)13-18-14(9-6-7-9)21(19-13)11-5-3-2-4-10(11)16/h2-5,9H,6-8H2,1H3. The number of hydrogen-bond acceptors (Lipinski definition) is 6. The maximum Gasteiger partial charge on any atom is 0.297 e. The highest BCUT2D eigenvalue weighted by Gasteiger charge is 2.32. The molecule has 1 aliphatic rings. The van der Waals surface area contributed by atoms with Crippen molar-refractivity contribution in [2.75, 3.05) is 7.11 Å². The molecule has 0 bridgehead atoms. The quantitative estimate of drug-likeness (QED) is 0.715. The lowest BCUT2D eigenvalue weighted by atomic mass is 10.3. The topological polar surface area (TPSA) is 78.9 Å². The Morgan fingerprint density at radius 3 is 2.87 bits per heavy atom. The smallest absolute Gasteiger partial charge is 0.297 e. The van der Waals surface area contributed by atoms with Crippen LogP contribution >= 0.6 is 11.6 Å². The molecule has 1 fully saturated rings. The Labute approximate surface area is 137 Å². The minimum atomic E-state index is 0.282. The van der Waals surface area contributed by atoms with E-state index in [1.165, 1.54) is 0 Å². The van der Waals surface area contributed by atoms with Crippen molar-refractivity contribution in [3.05, 3.63) is 40.9 Å². The maximum atomic E-state index is 6.30. The second-order valence-electron chi connectivity index (χ2n) is 5.38. The summed E-state index contributed by atoms with van der Waals surface area (Å²) in [5, 5.41) is 9.00. The summed E-state index contributed by atoms with van der Waals surface area (Å²) in [6, 6.07) is 7.55. The zero-order chi connectivity index (χ0) is 15.8. The minimum absolute atomic E-state index is 0.282. The van der Waals surface area contributed by atoms with Gasteiger partial charge in [0.15, 0.2) is 5.82 Å². The van der Waals surface area contributed by atoms with E-state index in [4.69, 9.17) is 20.9 Å². The molecule has 1 aromatic carbocycles. The largest absolute Gasteiger partial charge is 0.377 e. The van der Waals surface area contributed by atoms with E-state index < -0.39 is 0 Å². The highest BCUT2D eigenvalue weighted by Crippen LogP contribution is 2.41. The Hall–Kier alpha value is -2.25. The highest BCUT2D eigenvalue weighted by atomic mass is 35.5. The van der Waals surface area contributed by atoms with E-state index in [-0.39, 0.29) is 12.5 Å². The molecule has 1 saturated carbocycles. The van der Waals surface area contributed by atoms with E-state index in [2.05, 4.69) is 20.2 Å². The molecule has 2 heterocycles. The molecular formula is C15H14ClN5O2. The maximum absolute atomic E-state index is 6.30. The molecule has 118 valence electrons. The number of hydrogen-bond donors (Lipinski definition) is 0. The molecule has 4 rings (SSSR count). The number of halogens is 1. The Morgan fingerprint density at radius 1 is 1.30 bits per heavy atom. The predicted molar refractivity (Wildman–Crippen MR) is 82.3 cm³/mol. The van der Waals surface area contributed by atoms with Gasteiger partial charge in [-0.25, -0.2) is 9.67 Å². The van der Waals surface area contributed by atoms with Gasteiger partial charge in [-0.15, -0.1) is 5.10 Å². The molecule has 0 spiro atoms. The van der Waals surface area contributed by atoms with Gasteiger partial charge >= 0.3 is 0 Å². The Kier molecular flexibility index (Phi) is 3.59. The summed E-state index contributed by atoms with van der Waals surface area (Å²) in [6.07, 6.45) is 2.20. The van der Waals surface area contributed by atoms with Gasteiger partial charge in [-0.1, -0.05) is 28.9 Å². The molecule has 2 aromatic heterocycles. The van der Waals surface area contributed by atoms with Gasteiger partial charge in [0.2, 0.25) is 5.82 Å². The van der Waals surface area contributed by atoms with Gasteiger partial charge in [0.25, 0.3) is 5.89 Å². The lowest BCUT2D eigenvalue weighted by Gasteiger charge is -2.06. The average Bonchev–Trinajstić information content (AvgIpc) is 3.13. The summed E-state index contributed by atoms with van der Waals surface area (Å²) < 4.78 is 12.0. The third-order valence-electron chi connectivity index (χ3n) is 3.59. The number of methoxy groups -OCH3 is 1. The first-order chi connectivity index (χ1) is 11.3. The Balaban J connectivity index is 1.77. The molecule has 0 N–H and O–H groups in total. The molecule has 0 saturated heterocycles. The zero-order valence-electron chi connectivity index (χ0n) is 12.4. The van der Waals surface area contributed by atoms with Gasteiger partial charge in [0.05, 0.1) is 10.7 Å². The summed E-state index contributed by atoms with van der Waals surface area (Å²) in [5.74, 6) is 2.42. The fourth-order valence-corrected chi connectivity index (χ4v) is 2.57. The number of rotatable bonds is 5. The van der Waals surface area contributed by atoms with Crippen LogP contribution in [0, 0.1) is 0 Å². The van der Waals surface area contributed by atoms with Crippen LogP contribution in [0.2, 0.25) is 5.02 Å². The van der Waals surface area contributed by atoms with Crippen molar-refractivity contribution >= 4 is 11.6 Å². The predicted octanol–water partition coefficient (Wildman–Crippen LogP) is 2.99. The van der Waals surface area contributed by atoms with Crippen LogP contribution in [0.3, 0.4) is 0 Å². The van der Waals surface area contributed by atoms with Crippen LogP contribution in [-0.4, -0.2) is 32.0 Å². The van der Waals surface area contributed by atoms with E-state index >= 15 is 0 Å². The number of benzene rings is 1. The van der Waals surface area contributed by atoms with Crippen LogP contribution in [0.5, 0.6) is 0 Å². The van der Waals surface area contributed by atoms with Crippen molar-refractivity contribution in [1.82, 2.24) is 24.9 Å². The van der Waals surface area contributed by atoms with Gasteiger partial charge in [-0.2, -0.15) is 4.98 Å². The monoisotopic (exact) mass is 331 g/mol. The van der Waals surface area contributed by atoms with Crippen LogP contribution in [-0.2, 0) is 11.3 Å². The van der Waals surface area contributed by atoms with Crippen LogP contribution < -0.4 is 0 Å². The SMILES string of the molecule is COCc1noc(-c2nc(C3CC3)n(-c3ccccc3Cl)n2)n1. The molecule has 0 atom stereocenters. The van der Waals surface area contributed by atoms with Crippen LogP contribution in [0.4, 0.5) is 0 Å². The average molecular weight is 332 g/mol. The fraction of sp³-hybridized carbons (Fsp3) is 0.333. The third-order valence-corrected chi connectivity index (χ3v) is 3.91. The van der Waals surface area contributed by atoms with E-state index in [9.17, 15) is 0 Å². The highest BCUT2D eigenvalue weighted by molar-refractivity contribution is 6.32. The van der Waals surface area contributed by atoms with Crippen LogP contribution in [0.25, 0.3) is 17.4 Å². The van der Waals surface area contributed by atoms with Crippen molar-refractivity contribution in [3.8, 4) is 17.4 Å². The summed E-state index contributed by atoms with van der Waals surface area (Å²) in [6.45, 7) is 0.282. The second kappa shape index (κ2) is 5.75. The van der Waals surface area contributed by atoms with Crippen LogP contribution in [0.15, 0.2) is 28.8 Å². The molecule has 0 unspecified atom stereocenters. The second-order valence-corrected chi connectivity index (χ2v) is 5.79. The van der Waals surface area contributed by atoms with Gasteiger partial charge in [0.1, 0.15) is 12.4 Å². The summed E-state index contributed by atoms with van der Waals surface area (Å²) >= 11 is 6.30. The van der Waals surface area contributed by atoms with Crippen LogP contribution in [0.1, 0.15) is 30.4 Å². The van der Waals surface area contributed by atoms with Crippen molar-refractivity contribution in [3.63, 3.8) is 0 Å². The molecule has 0 radical (unpaired) electrons. The molecular weight excluding hydrogens is 318 g/mol. The molecule has 0 aliphatic heterocycles. The van der Waals surface area contributed by atoms with Gasteiger partial charge in [-0.3, -0.25) is 0 Å². The molecule has 7 nitrogen and oxygen atoms in total. The molecule has 0 amide bonds. The fourth-order valence-electron chi connectivity index (χ4n) is 2.35. The van der Waals surface area contributed by atoms with Crippen molar-refractivity contribution < 1.29 is 9.26 Å². The molecule has 23 heavy (non-hydrogen) atoms. The Bertz CT molecular complexity index is 840. The summed E-state index contributed by atoms with van der Waals surface area (Å²) in [7, 11) is 1.58. The molecule has 3 aromatic rings. The van der Waals surface area contributed by atoms with E-state index in [1.54, 1.807) is 11.8 Å². The number of aromatic nitrogens is 5. The lowest BCUT2D eigenvalue weighted by Crippen LogP contribution is -2.02. The third kappa shape index (κ3) is 2.73. The first-order valence-electron chi connectivity index (χ1n) is 7.30. The lowest BCUT2D eigenvalue weighted by molar-refractivity contribution is 0.174. The molecule has 1 aliphatic carbocycles. The molecule has 8 heteroatoms. The van der Waals surface area contributed by atoms with Gasteiger partial charge in [-0.05, 0) is 25.0 Å². The number of nitrogens with zero attached hydrogens (tertiary/aromatic N) is 5. The minimum Gasteiger partial charge on any atom is -0.377 e. The first kappa shape index (κ1) is 14.3. The van der Waals surface area contributed by atoms with Crippen molar-refractivity contribution in [2.24, 2.45) is 0 Å². The van der Waals surface area contributed by atoms with E-state index in [1.807, 2.05) is 24.3 Å². The summed E-state index contributed by atoms with van der Waals surface area (Å²) in [4.78, 5) is 8.84. The normalized spacial score (nSPS) is 14.3. The van der Waals surface area contributed by atoms with Gasteiger partial charge in [0, 0.05) is 13.0 Å². The van der Waals surface area contributed by atoms with Crippen molar-refractivity contribution in [1.29, 1.82) is 0 Å². The summed E-state index contributed by atoms with van der Waals surface area (Å²) in [5.41, 5.74) is 0.798. The van der Waals surface area contributed by atoms with Gasteiger partial charge < -0.3 is 9.26 Å². The van der Waals surface area contributed by atoms with E-state index in [0.29, 0.717) is 22.6 Å². The Morgan fingerprint density at radius 2 is 2.13 bits per heavy atom. The number of para-hydroxylation sites is 1. The van der Waals surface area contributed by atoms with Crippen molar-refractivity contribution in [2.45, 2.75) is 25.4 Å². The first-order valence-corrected chi connectivity index (χ1v) is 7.68.